The van der Waals surface area contributed by atoms with E-state index in [9.17, 15) is 0 Å². The fraction of sp³-hybridized carbons (Fsp3) is 1.00. The fourth-order valence-corrected chi connectivity index (χ4v) is 5.02. The molecule has 1 saturated heterocycles. The molecular formula is C6H12S4. The van der Waals surface area contributed by atoms with Crippen LogP contribution in [0.25, 0.3) is 0 Å². The van der Waals surface area contributed by atoms with Crippen molar-refractivity contribution in [2.24, 2.45) is 0 Å². The van der Waals surface area contributed by atoms with E-state index in [4.69, 9.17) is 0 Å². The van der Waals surface area contributed by atoms with Gasteiger partial charge in [0.25, 0.3) is 0 Å². The topological polar surface area (TPSA) is 0 Å². The summed E-state index contributed by atoms with van der Waals surface area (Å²) < 4.78 is 0.386. The lowest BCUT2D eigenvalue weighted by Gasteiger charge is -2.33. The van der Waals surface area contributed by atoms with Crippen LogP contribution in [0.3, 0.4) is 0 Å². The Bertz CT molecular complexity index is 91.9. The van der Waals surface area contributed by atoms with Crippen LogP contribution in [-0.2, 0) is 0 Å². The van der Waals surface area contributed by atoms with E-state index < -0.39 is 0 Å². The van der Waals surface area contributed by atoms with E-state index in [1.807, 2.05) is 23.5 Å². The zero-order valence-electron chi connectivity index (χ0n) is 5.75. The molecule has 0 N–H and O–H groups in total. The largest absolute Gasteiger partial charge is 0.178 e. The van der Waals surface area contributed by atoms with Gasteiger partial charge in [0, 0.05) is 21.3 Å². The first-order valence-corrected chi connectivity index (χ1v) is 6.67. The van der Waals surface area contributed by atoms with Crippen molar-refractivity contribution in [2.45, 2.75) is 11.2 Å². The quantitative estimate of drug-likeness (QED) is 0.675. The molecule has 0 aliphatic carbocycles. The van der Waals surface area contributed by atoms with Crippen LogP contribution in [0.1, 0.15) is 6.42 Å². The first-order chi connectivity index (χ1) is 4.83. The second kappa shape index (κ2) is 4.43. The molecule has 0 nitrogen and oxygen atoms in total. The lowest BCUT2D eigenvalue weighted by Crippen LogP contribution is -2.32. The minimum Gasteiger partial charge on any atom is -0.178 e. The van der Waals surface area contributed by atoms with Gasteiger partial charge >= 0.3 is 0 Å². The van der Waals surface area contributed by atoms with Gasteiger partial charge in [0.1, 0.15) is 0 Å². The molecule has 0 amide bonds. The van der Waals surface area contributed by atoms with Crippen molar-refractivity contribution in [3.05, 3.63) is 0 Å². The third-order valence-corrected chi connectivity index (χ3v) is 6.10. The monoisotopic (exact) mass is 212 g/mol. The van der Waals surface area contributed by atoms with Gasteiger partial charge in [0.2, 0.25) is 0 Å². The van der Waals surface area contributed by atoms with Crippen LogP contribution in [0.4, 0.5) is 0 Å². The van der Waals surface area contributed by atoms with Gasteiger partial charge in [-0.1, -0.05) is 0 Å². The average Bonchev–Trinajstić information content (AvgIpc) is 2.06. The van der Waals surface area contributed by atoms with Crippen molar-refractivity contribution in [2.75, 3.05) is 22.3 Å². The first-order valence-electron chi connectivity index (χ1n) is 3.26. The zero-order chi connectivity index (χ0) is 7.45. The second-order valence-electron chi connectivity index (χ2n) is 2.42. The average molecular weight is 212 g/mol. The van der Waals surface area contributed by atoms with E-state index >= 15 is 0 Å². The van der Waals surface area contributed by atoms with Crippen LogP contribution in [0.2, 0.25) is 0 Å². The lowest BCUT2D eigenvalue weighted by molar-refractivity contribution is 0.714. The standard InChI is InChI=1S/C6H12S4/c7-3-6(4-8)1-2-9-5-10-6/h7-8H,1-5H2. The van der Waals surface area contributed by atoms with Crippen LogP contribution >= 0.6 is 48.8 Å². The minimum absolute atomic E-state index is 0.386. The van der Waals surface area contributed by atoms with Crippen molar-refractivity contribution in [1.29, 1.82) is 0 Å². The molecule has 1 aliphatic rings. The number of hydrogen-bond donors (Lipinski definition) is 2. The van der Waals surface area contributed by atoms with E-state index in [0.29, 0.717) is 4.75 Å². The second-order valence-corrected chi connectivity index (χ2v) is 5.97. The molecular weight excluding hydrogens is 200 g/mol. The molecule has 1 aliphatic heterocycles. The highest BCUT2D eigenvalue weighted by Crippen LogP contribution is 2.39. The first kappa shape index (κ1) is 9.49. The van der Waals surface area contributed by atoms with Gasteiger partial charge in [-0.15, -0.1) is 11.8 Å². The normalized spacial score (nSPS) is 24.6. The Labute approximate surface area is 82.1 Å². The molecule has 0 unspecified atom stereocenters. The summed E-state index contributed by atoms with van der Waals surface area (Å²) in [7, 11) is 0. The van der Waals surface area contributed by atoms with Gasteiger partial charge in [0.05, 0.1) is 0 Å². The number of thiol groups is 2. The molecule has 1 rings (SSSR count). The molecule has 60 valence electrons. The van der Waals surface area contributed by atoms with E-state index in [0.717, 1.165) is 11.5 Å². The van der Waals surface area contributed by atoms with Crippen molar-refractivity contribution in [1.82, 2.24) is 0 Å². The Balaban J connectivity index is 2.44. The predicted molar refractivity (Wildman–Crippen MR) is 60.0 cm³/mol. The van der Waals surface area contributed by atoms with Crippen LogP contribution in [0.5, 0.6) is 0 Å². The molecule has 0 aromatic carbocycles. The van der Waals surface area contributed by atoms with Gasteiger partial charge in [-0.2, -0.15) is 37.0 Å². The fourth-order valence-electron chi connectivity index (χ4n) is 0.855. The zero-order valence-corrected chi connectivity index (χ0v) is 9.17. The van der Waals surface area contributed by atoms with Gasteiger partial charge in [-0.25, -0.2) is 0 Å². The highest BCUT2D eigenvalue weighted by atomic mass is 32.2. The SMILES string of the molecule is SCC1(CS)CCSCS1. The maximum atomic E-state index is 4.35. The van der Waals surface area contributed by atoms with Gasteiger partial charge in [-0.3, -0.25) is 0 Å². The van der Waals surface area contributed by atoms with Gasteiger partial charge < -0.3 is 0 Å². The van der Waals surface area contributed by atoms with Crippen molar-refractivity contribution in [3.63, 3.8) is 0 Å². The Hall–Kier alpha value is 1.40. The minimum atomic E-state index is 0.386. The Kier molecular flexibility index (Phi) is 4.20. The summed E-state index contributed by atoms with van der Waals surface area (Å²) in [5.41, 5.74) is 0. The lowest BCUT2D eigenvalue weighted by atomic mass is 10.1. The molecule has 0 aromatic rings. The summed E-state index contributed by atoms with van der Waals surface area (Å²) in [5, 5.41) is 1.22. The molecule has 0 saturated carbocycles. The highest BCUT2D eigenvalue weighted by Gasteiger charge is 2.29. The maximum Gasteiger partial charge on any atom is 0.0398 e. The van der Waals surface area contributed by atoms with Crippen molar-refractivity contribution < 1.29 is 0 Å². The van der Waals surface area contributed by atoms with E-state index in [1.54, 1.807) is 0 Å². The molecule has 1 heterocycles. The highest BCUT2D eigenvalue weighted by molar-refractivity contribution is 8.17. The molecule has 0 atom stereocenters. The van der Waals surface area contributed by atoms with E-state index in [2.05, 4.69) is 25.3 Å². The summed E-state index contributed by atoms with van der Waals surface area (Å²) in [4.78, 5) is 0. The summed E-state index contributed by atoms with van der Waals surface area (Å²) in [6, 6.07) is 0. The summed E-state index contributed by atoms with van der Waals surface area (Å²) >= 11 is 12.7. The third-order valence-electron chi connectivity index (χ3n) is 1.73. The molecule has 0 radical (unpaired) electrons. The molecule has 10 heavy (non-hydrogen) atoms. The molecule has 1 fully saturated rings. The van der Waals surface area contributed by atoms with Crippen molar-refractivity contribution in [3.8, 4) is 0 Å². The van der Waals surface area contributed by atoms with Crippen molar-refractivity contribution >= 4 is 48.8 Å². The summed E-state index contributed by atoms with van der Waals surface area (Å²) in [6.45, 7) is 0. The van der Waals surface area contributed by atoms with Crippen LogP contribution in [0, 0.1) is 0 Å². The molecule has 4 heteroatoms. The number of hydrogen-bond acceptors (Lipinski definition) is 4. The molecule has 0 aromatic heterocycles. The Morgan fingerprint density at radius 1 is 1.30 bits per heavy atom. The molecule has 0 spiro atoms. The van der Waals surface area contributed by atoms with E-state index in [1.165, 1.54) is 17.3 Å². The Morgan fingerprint density at radius 3 is 2.30 bits per heavy atom. The van der Waals surface area contributed by atoms with Gasteiger partial charge in [-0.05, 0) is 12.2 Å². The summed E-state index contributed by atoms with van der Waals surface area (Å²) in [5.74, 6) is 3.23. The Morgan fingerprint density at radius 2 is 2.00 bits per heavy atom. The smallest absolute Gasteiger partial charge is 0.0398 e. The third kappa shape index (κ3) is 2.19. The predicted octanol–water partition coefficient (Wildman–Crippen LogP) is 2.41. The maximum absolute atomic E-state index is 4.35. The van der Waals surface area contributed by atoms with Gasteiger partial charge in [0.15, 0.2) is 0 Å². The number of thioether (sulfide) groups is 2. The van der Waals surface area contributed by atoms with Crippen LogP contribution in [0.15, 0.2) is 0 Å². The molecule has 0 bridgehead atoms. The van der Waals surface area contributed by atoms with E-state index in [-0.39, 0.29) is 0 Å². The van der Waals surface area contributed by atoms with Crippen LogP contribution in [-0.4, -0.2) is 27.1 Å². The number of rotatable bonds is 2. The van der Waals surface area contributed by atoms with Crippen LogP contribution < -0.4 is 0 Å². The summed E-state index contributed by atoms with van der Waals surface area (Å²) in [6.07, 6.45) is 1.27.